The Balaban J connectivity index is 0.000000338. The van der Waals surface area contributed by atoms with E-state index < -0.39 is 18.8 Å². The Bertz CT molecular complexity index is 1250. The molecule has 12 heteroatoms. The van der Waals surface area contributed by atoms with Crippen molar-refractivity contribution in [3.05, 3.63) is 42.3 Å². The van der Waals surface area contributed by atoms with Crippen LogP contribution in [0.1, 0.15) is 50.5 Å². The van der Waals surface area contributed by atoms with Gasteiger partial charge in [-0.2, -0.15) is 10.3 Å². The maximum Gasteiger partial charge on any atom is 0.256 e. The average Bonchev–Trinajstić information content (AvgIpc) is 3.12. The number of pyridine rings is 1. The first-order valence-corrected chi connectivity index (χ1v) is 11.6. The van der Waals surface area contributed by atoms with Crippen molar-refractivity contribution in [2.24, 2.45) is 27.0 Å². The summed E-state index contributed by atoms with van der Waals surface area (Å²) in [6.07, 6.45) is 4.56. The molecule has 0 bridgehead atoms. The molecule has 2 aliphatic rings. The number of amidine groups is 1. The number of guanidine groups is 1. The molecule has 1 saturated carbocycles. The van der Waals surface area contributed by atoms with Crippen LogP contribution in [-0.4, -0.2) is 44.3 Å². The molecule has 3 heterocycles. The van der Waals surface area contributed by atoms with Crippen molar-refractivity contribution in [1.82, 2.24) is 19.5 Å². The van der Waals surface area contributed by atoms with Crippen molar-refractivity contribution in [1.29, 1.82) is 5.26 Å². The lowest BCUT2D eigenvalue weighted by Gasteiger charge is -2.25. The summed E-state index contributed by atoms with van der Waals surface area (Å²) in [6, 6.07) is 5.47. The second kappa shape index (κ2) is 11.2. The lowest BCUT2D eigenvalue weighted by Crippen LogP contribution is -2.35. The number of halogens is 3. The van der Waals surface area contributed by atoms with E-state index in [2.05, 4.69) is 39.6 Å². The van der Waals surface area contributed by atoms with E-state index in [0.29, 0.717) is 11.3 Å². The predicted octanol–water partition coefficient (Wildman–Crippen LogP) is 4.21. The number of aliphatic imine (C=N–C) groups is 1. The highest BCUT2D eigenvalue weighted by Crippen LogP contribution is 2.34. The van der Waals surface area contributed by atoms with E-state index in [1.54, 1.807) is 13.0 Å². The summed E-state index contributed by atoms with van der Waals surface area (Å²) in [6.45, 7) is 6.87. The average molecular weight is 502 g/mol. The van der Waals surface area contributed by atoms with Gasteiger partial charge in [-0.1, -0.05) is 25.8 Å². The molecule has 36 heavy (non-hydrogen) atoms. The number of aryl methyl sites for hydroxylation is 1. The van der Waals surface area contributed by atoms with Crippen LogP contribution in [0.5, 0.6) is 0 Å². The molecule has 0 unspecified atom stereocenters. The second-order valence-electron chi connectivity index (χ2n) is 9.05. The van der Waals surface area contributed by atoms with Gasteiger partial charge in [0.2, 0.25) is 5.96 Å². The number of alkyl halides is 2. The number of allylic oxidation sites excluding steroid dienone is 2. The second-order valence-corrected chi connectivity index (χ2v) is 9.05. The lowest BCUT2D eigenvalue weighted by atomic mass is 9.77. The van der Waals surface area contributed by atoms with Gasteiger partial charge in [-0.15, -0.1) is 5.10 Å². The third kappa shape index (κ3) is 6.62. The van der Waals surface area contributed by atoms with Crippen LogP contribution in [0.3, 0.4) is 0 Å². The van der Waals surface area contributed by atoms with Gasteiger partial charge in [-0.05, 0) is 38.8 Å². The first-order chi connectivity index (χ1) is 17.0. The van der Waals surface area contributed by atoms with Gasteiger partial charge >= 0.3 is 0 Å². The number of nitrogens with zero attached hydrogens (tertiary/aromatic N) is 7. The highest BCUT2D eigenvalue weighted by Gasteiger charge is 2.25. The minimum atomic E-state index is -2.57. The van der Waals surface area contributed by atoms with Crippen LogP contribution in [0.4, 0.5) is 13.2 Å². The van der Waals surface area contributed by atoms with Crippen molar-refractivity contribution in [2.45, 2.75) is 58.9 Å². The first kappa shape index (κ1) is 26.7. The molecule has 9 nitrogen and oxygen atoms in total. The molecule has 4 N–H and O–H groups in total. The summed E-state index contributed by atoms with van der Waals surface area (Å²) < 4.78 is 41.5. The molecule has 0 amide bonds. The quantitative estimate of drug-likeness (QED) is 0.589. The van der Waals surface area contributed by atoms with Gasteiger partial charge in [0.05, 0.1) is 36.5 Å². The molecule has 1 aliphatic heterocycles. The zero-order valence-electron chi connectivity index (χ0n) is 20.4. The Kier molecular flexibility index (Phi) is 8.34. The summed E-state index contributed by atoms with van der Waals surface area (Å²) in [5.41, 5.74) is 11.9. The zero-order valence-corrected chi connectivity index (χ0v) is 20.4. The van der Waals surface area contributed by atoms with E-state index in [1.807, 2.05) is 0 Å². The highest BCUT2D eigenvalue weighted by molar-refractivity contribution is 5.97. The van der Waals surface area contributed by atoms with Crippen molar-refractivity contribution in [2.75, 3.05) is 6.54 Å². The molecule has 1 fully saturated rings. The third-order valence-corrected chi connectivity index (χ3v) is 6.00. The number of hydrazone groups is 1. The zero-order chi connectivity index (χ0) is 26.5. The summed E-state index contributed by atoms with van der Waals surface area (Å²) >= 11 is 0. The van der Waals surface area contributed by atoms with Crippen LogP contribution in [0.25, 0.3) is 16.7 Å². The molecule has 0 aromatic carbocycles. The van der Waals surface area contributed by atoms with Gasteiger partial charge in [-0.3, -0.25) is 5.01 Å². The standard InChI is InChI=1S/C16H17F3N8.C8H13N/c1-8(10(17)5-26-7-14(20)24-16(21)25-26)11-3-4-12-15(23-11)27(6-13(18)19)9(2)22-12;1-8(7-9)5-3-2-4-6-8/h3-5,13H,1,6-7H2,2H3,(H4,20,21,24,25);2-6H2,1H3/b10-5+;. The summed E-state index contributed by atoms with van der Waals surface area (Å²) in [5.74, 6) is -0.253. The van der Waals surface area contributed by atoms with E-state index in [9.17, 15) is 13.2 Å². The monoisotopic (exact) mass is 501 g/mol. The highest BCUT2D eigenvalue weighted by atomic mass is 19.3. The minimum Gasteiger partial charge on any atom is -0.385 e. The number of aromatic nitrogens is 3. The van der Waals surface area contributed by atoms with Crippen molar-refractivity contribution in [3.63, 3.8) is 0 Å². The van der Waals surface area contributed by atoms with E-state index in [-0.39, 0.29) is 40.7 Å². The maximum absolute atomic E-state index is 14.6. The Labute approximate surface area is 207 Å². The number of nitrogens with two attached hydrogens (primary N) is 2. The molecule has 0 atom stereocenters. The molecule has 2 aromatic rings. The fourth-order valence-corrected chi connectivity index (χ4v) is 4.03. The molecule has 2 aromatic heterocycles. The summed E-state index contributed by atoms with van der Waals surface area (Å²) in [7, 11) is 0. The summed E-state index contributed by atoms with van der Waals surface area (Å²) in [4.78, 5) is 12.2. The van der Waals surface area contributed by atoms with Gasteiger partial charge < -0.3 is 16.0 Å². The summed E-state index contributed by atoms with van der Waals surface area (Å²) in [5, 5.41) is 13.7. The fourth-order valence-electron chi connectivity index (χ4n) is 4.03. The van der Waals surface area contributed by atoms with Crippen molar-refractivity contribution in [3.8, 4) is 6.07 Å². The third-order valence-electron chi connectivity index (χ3n) is 6.00. The van der Waals surface area contributed by atoms with E-state index >= 15 is 0 Å². The molecule has 4 rings (SSSR count). The molecule has 0 spiro atoms. The number of imidazole rings is 1. The first-order valence-electron chi connectivity index (χ1n) is 11.6. The number of hydrogen-bond acceptors (Lipinski definition) is 8. The SMILES string of the molecule is C=C(/C(F)=C\N1CC(N)=NC(N)=N1)c1ccc2nc(C)n(CC(F)F)c2n1.CC1(C#N)CCCCC1. The number of nitriles is 1. The maximum atomic E-state index is 14.6. The molecule has 0 saturated heterocycles. The normalized spacial score (nSPS) is 17.7. The Morgan fingerprint density at radius 1 is 1.25 bits per heavy atom. The Hall–Kier alpha value is -3.88. The van der Waals surface area contributed by atoms with Crippen LogP contribution < -0.4 is 11.5 Å². The van der Waals surface area contributed by atoms with Gasteiger partial charge in [0.15, 0.2) is 5.65 Å². The van der Waals surface area contributed by atoms with Crippen molar-refractivity contribution >= 4 is 28.5 Å². The number of rotatable bonds is 5. The molecule has 0 radical (unpaired) electrons. The Morgan fingerprint density at radius 2 is 1.94 bits per heavy atom. The van der Waals surface area contributed by atoms with Gasteiger partial charge in [0, 0.05) is 5.57 Å². The Morgan fingerprint density at radius 3 is 2.53 bits per heavy atom. The largest absolute Gasteiger partial charge is 0.385 e. The minimum absolute atomic E-state index is 0.0260. The molecular formula is C24H30F3N9. The smallest absolute Gasteiger partial charge is 0.256 e. The van der Waals surface area contributed by atoms with Crippen LogP contribution in [0.15, 0.2) is 40.8 Å². The van der Waals surface area contributed by atoms with E-state index in [4.69, 9.17) is 16.7 Å². The number of fused-ring (bicyclic) bond motifs is 1. The topological polar surface area (TPSA) is 134 Å². The van der Waals surface area contributed by atoms with Crippen LogP contribution in [0.2, 0.25) is 0 Å². The molecule has 1 aliphatic carbocycles. The van der Waals surface area contributed by atoms with E-state index in [1.165, 1.54) is 34.9 Å². The predicted molar refractivity (Wildman–Crippen MR) is 133 cm³/mol. The molecular weight excluding hydrogens is 471 g/mol. The van der Waals surface area contributed by atoms with Gasteiger partial charge in [0.1, 0.15) is 23.0 Å². The van der Waals surface area contributed by atoms with Crippen LogP contribution >= 0.6 is 0 Å². The fraction of sp³-hybridized carbons (Fsp3) is 0.458. The van der Waals surface area contributed by atoms with Gasteiger partial charge in [0.25, 0.3) is 6.43 Å². The molecule has 192 valence electrons. The van der Waals surface area contributed by atoms with Crippen molar-refractivity contribution < 1.29 is 13.2 Å². The van der Waals surface area contributed by atoms with Crippen LogP contribution in [-0.2, 0) is 6.54 Å². The van der Waals surface area contributed by atoms with E-state index in [0.717, 1.165) is 19.0 Å². The lowest BCUT2D eigenvalue weighted by molar-refractivity contribution is 0.127. The van der Waals surface area contributed by atoms with Crippen LogP contribution in [0, 0.1) is 23.7 Å². The number of hydrogen-bond donors (Lipinski definition) is 2. The van der Waals surface area contributed by atoms with Gasteiger partial charge in [-0.25, -0.2) is 23.1 Å².